The van der Waals surface area contributed by atoms with Crippen LogP contribution in [0.15, 0.2) is 60.8 Å². The number of ketones is 1. The number of nitrogens with two attached hydrogens (primary N) is 1. The molecule has 0 aromatic rings. The van der Waals surface area contributed by atoms with Crippen LogP contribution in [0.2, 0.25) is 0 Å². The maximum atomic E-state index is 12.7. The second-order valence-electron chi connectivity index (χ2n) is 15.0. The van der Waals surface area contributed by atoms with E-state index in [0.29, 0.717) is 38.5 Å². The lowest BCUT2D eigenvalue weighted by atomic mass is 9.88. The van der Waals surface area contributed by atoms with Crippen LogP contribution in [0, 0.1) is 11.8 Å². The highest BCUT2D eigenvalue weighted by Crippen LogP contribution is 2.43. The second-order valence-corrected chi connectivity index (χ2v) is 16.4. The average molecular weight is 838 g/mol. The number of unbranched alkanes of at least 4 members (excludes halogenated alkanes) is 9. The predicted molar refractivity (Wildman–Crippen MR) is 230 cm³/mol. The van der Waals surface area contributed by atoms with Crippen LogP contribution >= 0.6 is 7.82 Å². The van der Waals surface area contributed by atoms with Crippen LogP contribution in [0.4, 0.5) is 0 Å². The Balaban J connectivity index is 2.42. The number of phosphoric ester groups is 1. The standard InChI is InChI=1S/C45H76NO11P/c1-3-5-7-8-9-10-11-12-13-14-15-16-17-18-19-20-25-29-44(50)54-36-39(37-56-58(52,53)55-34-33-46)57-45(51)30-26-22-21-24-28-40-41(43(49)35-42(40)48)32-31-38(47)27-23-6-4-2/h9-10,12-13,15-16,18-19,31-32,38-41,43,47,49H,3-8,11,14,17,20-30,33-37,46H2,1-2H3,(H,52,53)/b10-9-,13-12-,16-15-,19-18-,32-31+/t38-,39+,40+,41+,43+/m0/s1. The minimum Gasteiger partial charge on any atom is -0.462 e. The van der Waals surface area contributed by atoms with Crippen LogP contribution < -0.4 is 5.73 Å². The minimum absolute atomic E-state index is 0.00483. The first-order valence-electron chi connectivity index (χ1n) is 21.9. The number of aliphatic hydroxyl groups is 2. The molecule has 0 aromatic heterocycles. The molecule has 1 rings (SSSR count). The summed E-state index contributed by atoms with van der Waals surface area (Å²) in [6.07, 6.45) is 34.4. The zero-order valence-corrected chi connectivity index (χ0v) is 36.4. The number of esters is 2. The van der Waals surface area contributed by atoms with E-state index in [9.17, 15) is 34.1 Å². The topological polar surface area (TPSA) is 192 Å². The molecule has 0 heterocycles. The number of ether oxygens (including phenoxy) is 2. The van der Waals surface area contributed by atoms with Crippen LogP contribution in [0.3, 0.4) is 0 Å². The summed E-state index contributed by atoms with van der Waals surface area (Å²) in [4.78, 5) is 47.6. The van der Waals surface area contributed by atoms with Crippen molar-refractivity contribution in [1.82, 2.24) is 0 Å². The molecule has 0 bridgehead atoms. The fraction of sp³-hybridized carbons (Fsp3) is 0.711. The zero-order chi connectivity index (χ0) is 42.7. The molecule has 0 aliphatic heterocycles. The third-order valence-electron chi connectivity index (χ3n) is 9.77. The summed E-state index contributed by atoms with van der Waals surface area (Å²) in [5, 5.41) is 20.7. The van der Waals surface area contributed by atoms with Gasteiger partial charge in [0.1, 0.15) is 12.4 Å². The van der Waals surface area contributed by atoms with Crippen molar-refractivity contribution < 1.29 is 52.6 Å². The molecule has 12 nitrogen and oxygen atoms in total. The van der Waals surface area contributed by atoms with Gasteiger partial charge in [-0.3, -0.25) is 23.4 Å². The molecule has 5 N–H and O–H groups in total. The molecule has 332 valence electrons. The first-order valence-corrected chi connectivity index (χ1v) is 23.4. The molecule has 1 aliphatic rings. The summed E-state index contributed by atoms with van der Waals surface area (Å²) < 4.78 is 32.7. The number of carbonyl (C=O) groups excluding carboxylic acids is 3. The quantitative estimate of drug-likeness (QED) is 0.0203. The van der Waals surface area contributed by atoms with Crippen LogP contribution in [-0.4, -0.2) is 77.5 Å². The Morgan fingerprint density at radius 1 is 0.793 bits per heavy atom. The van der Waals surface area contributed by atoms with E-state index in [-0.39, 0.29) is 56.6 Å². The Kier molecular flexibility index (Phi) is 32.3. The van der Waals surface area contributed by atoms with E-state index >= 15 is 0 Å². The molecule has 6 atom stereocenters. The maximum Gasteiger partial charge on any atom is 0.472 e. The Labute approximate surface area is 349 Å². The summed E-state index contributed by atoms with van der Waals surface area (Å²) in [6, 6.07) is 0. The van der Waals surface area contributed by atoms with E-state index < -0.39 is 44.7 Å². The van der Waals surface area contributed by atoms with Crippen molar-refractivity contribution in [1.29, 1.82) is 0 Å². The van der Waals surface area contributed by atoms with Gasteiger partial charge in [0.2, 0.25) is 0 Å². The lowest BCUT2D eigenvalue weighted by molar-refractivity contribution is -0.161. The third-order valence-corrected chi connectivity index (χ3v) is 10.8. The van der Waals surface area contributed by atoms with Gasteiger partial charge in [-0.25, -0.2) is 4.57 Å². The smallest absolute Gasteiger partial charge is 0.462 e. The van der Waals surface area contributed by atoms with Crippen molar-refractivity contribution in [2.75, 3.05) is 26.4 Å². The normalized spacial score (nSPS) is 19.6. The first-order chi connectivity index (χ1) is 28.0. The van der Waals surface area contributed by atoms with Crippen LogP contribution in [0.1, 0.15) is 149 Å². The zero-order valence-electron chi connectivity index (χ0n) is 35.5. The minimum atomic E-state index is -4.46. The number of hydrogen-bond donors (Lipinski definition) is 4. The van der Waals surface area contributed by atoms with Crippen molar-refractivity contribution in [3.8, 4) is 0 Å². The Bertz CT molecular complexity index is 1300. The predicted octanol–water partition coefficient (Wildman–Crippen LogP) is 9.08. The molecular formula is C45H76NO11P. The van der Waals surface area contributed by atoms with Gasteiger partial charge in [-0.05, 0) is 64.2 Å². The van der Waals surface area contributed by atoms with Crippen molar-refractivity contribution in [3.05, 3.63) is 60.8 Å². The van der Waals surface area contributed by atoms with Crippen LogP contribution in [0.25, 0.3) is 0 Å². The number of Topliss-reactive ketones (excluding diaryl/α,β-unsaturated/α-hetero) is 1. The van der Waals surface area contributed by atoms with E-state index in [0.717, 1.165) is 57.8 Å². The van der Waals surface area contributed by atoms with Gasteiger partial charge in [0, 0.05) is 37.6 Å². The van der Waals surface area contributed by atoms with Gasteiger partial charge in [0.15, 0.2) is 6.10 Å². The number of aliphatic hydroxyl groups excluding tert-OH is 2. The van der Waals surface area contributed by atoms with Crippen molar-refractivity contribution >= 4 is 25.5 Å². The number of rotatable bonds is 36. The molecule has 0 aromatic carbocycles. The number of carbonyl (C=O) groups is 3. The number of allylic oxidation sites excluding steroid dienone is 8. The lowest BCUT2D eigenvalue weighted by Gasteiger charge is -2.20. The molecular weight excluding hydrogens is 761 g/mol. The van der Waals surface area contributed by atoms with Crippen LogP contribution in [0.5, 0.6) is 0 Å². The molecule has 13 heteroatoms. The van der Waals surface area contributed by atoms with E-state index in [1.54, 1.807) is 12.2 Å². The number of hydrogen-bond acceptors (Lipinski definition) is 11. The van der Waals surface area contributed by atoms with E-state index in [4.69, 9.17) is 24.3 Å². The van der Waals surface area contributed by atoms with E-state index in [1.165, 1.54) is 19.3 Å². The summed E-state index contributed by atoms with van der Waals surface area (Å²) in [7, 11) is -4.46. The van der Waals surface area contributed by atoms with E-state index in [2.05, 4.69) is 56.4 Å². The highest BCUT2D eigenvalue weighted by Gasteiger charge is 2.39. The molecule has 1 unspecified atom stereocenters. The first kappa shape index (κ1) is 53.3. The highest BCUT2D eigenvalue weighted by atomic mass is 31.2. The van der Waals surface area contributed by atoms with Crippen molar-refractivity contribution in [2.24, 2.45) is 17.6 Å². The van der Waals surface area contributed by atoms with Gasteiger partial charge in [0.05, 0.1) is 25.4 Å². The Morgan fingerprint density at radius 2 is 1.40 bits per heavy atom. The van der Waals surface area contributed by atoms with Gasteiger partial charge in [-0.2, -0.15) is 0 Å². The van der Waals surface area contributed by atoms with Gasteiger partial charge in [0.25, 0.3) is 0 Å². The molecule has 58 heavy (non-hydrogen) atoms. The molecule has 0 saturated heterocycles. The van der Waals surface area contributed by atoms with Crippen LogP contribution in [-0.2, 0) is 37.5 Å². The molecule has 1 aliphatic carbocycles. The largest absolute Gasteiger partial charge is 0.472 e. The molecule has 0 amide bonds. The molecule has 0 spiro atoms. The second kappa shape index (κ2) is 35.1. The van der Waals surface area contributed by atoms with Crippen molar-refractivity contribution in [3.63, 3.8) is 0 Å². The summed E-state index contributed by atoms with van der Waals surface area (Å²) >= 11 is 0. The number of phosphoric acid groups is 1. The van der Waals surface area contributed by atoms with Gasteiger partial charge < -0.3 is 30.3 Å². The van der Waals surface area contributed by atoms with E-state index in [1.807, 2.05) is 6.08 Å². The lowest BCUT2D eigenvalue weighted by Crippen LogP contribution is -2.29. The summed E-state index contributed by atoms with van der Waals surface area (Å²) in [5.74, 6) is -1.63. The molecule has 1 fully saturated rings. The average Bonchev–Trinajstić information content (AvgIpc) is 3.47. The van der Waals surface area contributed by atoms with Crippen molar-refractivity contribution in [2.45, 2.75) is 167 Å². The third kappa shape index (κ3) is 28.7. The van der Waals surface area contributed by atoms with Gasteiger partial charge >= 0.3 is 19.8 Å². The summed E-state index contributed by atoms with van der Waals surface area (Å²) in [5.41, 5.74) is 5.34. The maximum absolute atomic E-state index is 12.7. The Morgan fingerprint density at radius 3 is 2.05 bits per heavy atom. The molecule has 1 saturated carbocycles. The SMILES string of the molecule is CCCCC/C=C\C/C=C\C/C=C\C/C=C\CCCC(=O)OC[C@H](COP(=O)(O)OCCN)OC(=O)CCCCCC[C@H]1C(=O)C[C@@H](O)[C@@H]1/C=C/[C@@H](O)CCCCC. The monoisotopic (exact) mass is 838 g/mol. The van der Waals surface area contributed by atoms with Gasteiger partial charge in [-0.1, -0.05) is 126 Å². The van der Waals surface area contributed by atoms with Gasteiger partial charge in [-0.15, -0.1) is 0 Å². The fourth-order valence-electron chi connectivity index (χ4n) is 6.46. The molecule has 0 radical (unpaired) electrons. The Hall–Kier alpha value is -2.70. The summed E-state index contributed by atoms with van der Waals surface area (Å²) in [6.45, 7) is 3.24. The fourth-order valence-corrected chi connectivity index (χ4v) is 7.23. The highest BCUT2D eigenvalue weighted by molar-refractivity contribution is 7.47.